The maximum absolute atomic E-state index is 9.70. The van der Waals surface area contributed by atoms with E-state index in [1.807, 2.05) is 12.3 Å². The zero-order valence-corrected chi connectivity index (χ0v) is 15.9. The van der Waals surface area contributed by atoms with E-state index in [0.717, 1.165) is 29.0 Å². The predicted octanol–water partition coefficient (Wildman–Crippen LogP) is 5.62. The standard InChI is InChI=1S/C24H27NO2/c1-27-23-11-16(2-7-22(23)26)15-25-21-5-3-20(4-6-21)24-12-17-8-18(13-24)10-19(9-17)14-24/h2-7,11,15,17-19,26H,8-10,12-14H2,1H3. The molecule has 4 aliphatic carbocycles. The summed E-state index contributed by atoms with van der Waals surface area (Å²) < 4.78 is 5.16. The maximum atomic E-state index is 9.70. The molecule has 4 bridgehead atoms. The van der Waals surface area contributed by atoms with Crippen LogP contribution in [0.1, 0.15) is 49.7 Å². The molecule has 6 rings (SSSR count). The third kappa shape index (κ3) is 3.03. The number of phenols is 1. The normalized spacial score (nSPS) is 31.5. The second kappa shape index (κ2) is 6.40. The summed E-state index contributed by atoms with van der Waals surface area (Å²) in [7, 11) is 1.55. The fraction of sp³-hybridized carbons (Fsp3) is 0.458. The molecule has 4 fully saturated rings. The number of aromatic hydroxyl groups is 1. The van der Waals surface area contributed by atoms with Crippen LogP contribution >= 0.6 is 0 Å². The van der Waals surface area contributed by atoms with Gasteiger partial charge in [-0.15, -0.1) is 0 Å². The molecule has 140 valence electrons. The van der Waals surface area contributed by atoms with Crippen LogP contribution in [0.3, 0.4) is 0 Å². The Morgan fingerprint density at radius 1 is 0.963 bits per heavy atom. The zero-order valence-electron chi connectivity index (χ0n) is 15.9. The van der Waals surface area contributed by atoms with Crippen molar-refractivity contribution in [2.75, 3.05) is 7.11 Å². The number of benzene rings is 2. The van der Waals surface area contributed by atoms with Crippen molar-refractivity contribution in [3.63, 3.8) is 0 Å². The van der Waals surface area contributed by atoms with E-state index < -0.39 is 0 Å². The number of nitrogens with zero attached hydrogens (tertiary/aromatic N) is 1. The third-order valence-electron chi connectivity index (χ3n) is 7.08. The molecule has 0 saturated heterocycles. The first kappa shape index (κ1) is 16.9. The monoisotopic (exact) mass is 361 g/mol. The van der Waals surface area contributed by atoms with Gasteiger partial charge in [0.25, 0.3) is 0 Å². The van der Waals surface area contributed by atoms with Crippen LogP contribution in [0.15, 0.2) is 47.5 Å². The van der Waals surface area contributed by atoms with Gasteiger partial charge in [0, 0.05) is 6.21 Å². The lowest BCUT2D eigenvalue weighted by Gasteiger charge is -2.57. The first-order valence-electron chi connectivity index (χ1n) is 10.2. The van der Waals surface area contributed by atoms with E-state index in [4.69, 9.17) is 4.74 Å². The summed E-state index contributed by atoms with van der Waals surface area (Å²) >= 11 is 0. The highest BCUT2D eigenvalue weighted by Crippen LogP contribution is 2.60. The van der Waals surface area contributed by atoms with Gasteiger partial charge in [-0.1, -0.05) is 12.1 Å². The van der Waals surface area contributed by atoms with Crippen LogP contribution in [-0.4, -0.2) is 18.4 Å². The van der Waals surface area contributed by atoms with Crippen LogP contribution in [0.5, 0.6) is 11.5 Å². The Hall–Kier alpha value is -2.29. The molecule has 0 aromatic heterocycles. The number of methoxy groups -OCH3 is 1. The van der Waals surface area contributed by atoms with Crippen molar-refractivity contribution in [1.29, 1.82) is 0 Å². The summed E-state index contributed by atoms with van der Waals surface area (Å²) in [5.41, 5.74) is 3.86. The van der Waals surface area contributed by atoms with Crippen LogP contribution in [0.2, 0.25) is 0 Å². The van der Waals surface area contributed by atoms with Crippen molar-refractivity contribution in [3.8, 4) is 11.5 Å². The molecule has 0 unspecified atom stereocenters. The lowest BCUT2D eigenvalue weighted by molar-refractivity contribution is -0.00518. The summed E-state index contributed by atoms with van der Waals surface area (Å²) in [6, 6.07) is 14.2. The van der Waals surface area contributed by atoms with Crippen LogP contribution in [0.4, 0.5) is 5.69 Å². The molecule has 27 heavy (non-hydrogen) atoms. The van der Waals surface area contributed by atoms with Crippen LogP contribution in [-0.2, 0) is 5.41 Å². The van der Waals surface area contributed by atoms with Gasteiger partial charge >= 0.3 is 0 Å². The Morgan fingerprint density at radius 2 is 1.59 bits per heavy atom. The summed E-state index contributed by atoms with van der Waals surface area (Å²) in [5, 5.41) is 9.70. The maximum Gasteiger partial charge on any atom is 0.161 e. The number of aliphatic imine (C=N–C) groups is 1. The Bertz CT molecular complexity index is 833. The molecule has 0 atom stereocenters. The van der Waals surface area contributed by atoms with Gasteiger partial charge in [-0.25, -0.2) is 0 Å². The van der Waals surface area contributed by atoms with Crippen molar-refractivity contribution in [1.82, 2.24) is 0 Å². The molecule has 0 aliphatic heterocycles. The molecule has 0 heterocycles. The molecule has 2 aromatic carbocycles. The van der Waals surface area contributed by atoms with E-state index in [-0.39, 0.29) is 5.75 Å². The van der Waals surface area contributed by atoms with Gasteiger partial charge in [0.2, 0.25) is 0 Å². The molecule has 4 aliphatic rings. The van der Waals surface area contributed by atoms with Gasteiger partial charge in [-0.05, 0) is 103 Å². The molecule has 4 saturated carbocycles. The van der Waals surface area contributed by atoms with Crippen molar-refractivity contribution in [2.24, 2.45) is 22.7 Å². The van der Waals surface area contributed by atoms with Gasteiger partial charge in [0.05, 0.1) is 12.8 Å². The Kier molecular flexibility index (Phi) is 3.99. The first-order valence-corrected chi connectivity index (χ1v) is 10.2. The fourth-order valence-electron chi connectivity index (χ4n) is 6.29. The van der Waals surface area contributed by atoms with Crippen molar-refractivity contribution < 1.29 is 9.84 Å². The van der Waals surface area contributed by atoms with Gasteiger partial charge < -0.3 is 9.84 Å². The highest BCUT2D eigenvalue weighted by Gasteiger charge is 2.51. The Balaban J connectivity index is 1.35. The largest absolute Gasteiger partial charge is 0.504 e. The average molecular weight is 361 g/mol. The van der Waals surface area contributed by atoms with Crippen molar-refractivity contribution >= 4 is 11.9 Å². The van der Waals surface area contributed by atoms with Crippen molar-refractivity contribution in [3.05, 3.63) is 53.6 Å². The SMILES string of the molecule is COc1cc(C=Nc2ccc(C34CC5CC(CC(C5)C3)C4)cc2)ccc1O. The topological polar surface area (TPSA) is 41.8 Å². The smallest absolute Gasteiger partial charge is 0.161 e. The van der Waals surface area contributed by atoms with Crippen LogP contribution in [0, 0.1) is 17.8 Å². The Labute approximate surface area is 161 Å². The lowest BCUT2D eigenvalue weighted by atomic mass is 9.48. The van der Waals surface area contributed by atoms with Gasteiger partial charge in [0.15, 0.2) is 11.5 Å². The average Bonchev–Trinajstić information content (AvgIpc) is 2.67. The van der Waals surface area contributed by atoms with Gasteiger partial charge in [-0.3, -0.25) is 4.99 Å². The molecule has 0 amide bonds. The van der Waals surface area contributed by atoms with Gasteiger partial charge in [-0.2, -0.15) is 0 Å². The van der Waals surface area contributed by atoms with Crippen LogP contribution < -0.4 is 4.74 Å². The predicted molar refractivity (Wildman–Crippen MR) is 108 cm³/mol. The van der Waals surface area contributed by atoms with E-state index in [9.17, 15) is 5.11 Å². The molecule has 3 nitrogen and oxygen atoms in total. The van der Waals surface area contributed by atoms with E-state index in [2.05, 4.69) is 29.3 Å². The molecular formula is C24H27NO2. The number of ether oxygens (including phenoxy) is 1. The zero-order chi connectivity index (χ0) is 18.4. The number of hydrogen-bond donors (Lipinski definition) is 1. The quantitative estimate of drug-likeness (QED) is 0.718. The summed E-state index contributed by atoms with van der Waals surface area (Å²) in [4.78, 5) is 4.61. The van der Waals surface area contributed by atoms with Crippen LogP contribution in [0.25, 0.3) is 0 Å². The summed E-state index contributed by atoms with van der Waals surface area (Å²) in [5.74, 6) is 3.53. The first-order chi connectivity index (χ1) is 13.1. The summed E-state index contributed by atoms with van der Waals surface area (Å²) in [6.07, 6.45) is 10.5. The number of hydrogen-bond acceptors (Lipinski definition) is 3. The van der Waals surface area contributed by atoms with Crippen molar-refractivity contribution in [2.45, 2.75) is 43.9 Å². The molecule has 0 radical (unpaired) electrons. The lowest BCUT2D eigenvalue weighted by Crippen LogP contribution is -2.48. The minimum Gasteiger partial charge on any atom is -0.504 e. The second-order valence-corrected chi connectivity index (χ2v) is 8.93. The number of phenolic OH excluding ortho intramolecular Hbond substituents is 1. The molecule has 3 heteroatoms. The van der Waals surface area contributed by atoms with E-state index in [1.165, 1.54) is 44.1 Å². The molecule has 1 N–H and O–H groups in total. The second-order valence-electron chi connectivity index (χ2n) is 8.93. The minimum atomic E-state index is 0.148. The highest BCUT2D eigenvalue weighted by atomic mass is 16.5. The molecular weight excluding hydrogens is 334 g/mol. The fourth-order valence-corrected chi connectivity index (χ4v) is 6.29. The third-order valence-corrected chi connectivity index (χ3v) is 7.08. The Morgan fingerprint density at radius 3 is 2.19 bits per heavy atom. The minimum absolute atomic E-state index is 0.148. The van der Waals surface area contributed by atoms with E-state index in [0.29, 0.717) is 11.2 Å². The van der Waals surface area contributed by atoms with Gasteiger partial charge in [0.1, 0.15) is 0 Å². The molecule has 2 aromatic rings. The molecule has 0 spiro atoms. The van der Waals surface area contributed by atoms with E-state index in [1.54, 1.807) is 19.2 Å². The summed E-state index contributed by atoms with van der Waals surface area (Å²) in [6.45, 7) is 0. The van der Waals surface area contributed by atoms with E-state index >= 15 is 0 Å². The number of rotatable bonds is 4. The highest BCUT2D eigenvalue weighted by molar-refractivity contribution is 5.83.